The van der Waals surface area contributed by atoms with E-state index in [-0.39, 0.29) is 11.8 Å². The minimum Gasteiger partial charge on any atom is -0.361 e. The van der Waals surface area contributed by atoms with E-state index in [1.807, 2.05) is 0 Å². The summed E-state index contributed by atoms with van der Waals surface area (Å²) in [5.41, 5.74) is 8.04. The molecule has 4 heteroatoms. The molecule has 0 aliphatic rings. The molecule has 0 heterocycles. The fourth-order valence-electron chi connectivity index (χ4n) is 0.690. The number of hydrogen-bond donors (Lipinski definition) is 1. The van der Waals surface area contributed by atoms with Crippen molar-refractivity contribution in [1.29, 1.82) is 0 Å². The molecule has 0 aromatic rings. The van der Waals surface area contributed by atoms with Crippen LogP contribution in [0.15, 0.2) is 12.7 Å². The maximum absolute atomic E-state index is 10.9. The molecule has 0 aliphatic carbocycles. The smallest absolute Gasteiger partial charge is 0.324 e. The molecule has 0 saturated heterocycles. The van der Waals surface area contributed by atoms with Gasteiger partial charge in [0.25, 0.3) is 5.78 Å². The third kappa shape index (κ3) is 3.45. The van der Waals surface area contributed by atoms with E-state index in [2.05, 4.69) is 16.7 Å². The van der Waals surface area contributed by atoms with Crippen LogP contribution in [-0.2, 0) is 4.79 Å². The van der Waals surface area contributed by atoms with Crippen LogP contribution in [0.3, 0.4) is 0 Å². The molecule has 0 saturated carbocycles. The second-order valence-electron chi connectivity index (χ2n) is 2.01. The summed E-state index contributed by atoms with van der Waals surface area (Å²) < 4.78 is 0. The van der Waals surface area contributed by atoms with Gasteiger partial charge >= 0.3 is 6.21 Å². The van der Waals surface area contributed by atoms with Crippen molar-refractivity contribution in [1.82, 2.24) is 5.32 Å². The maximum atomic E-state index is 10.9. The Morgan fingerprint density at radius 1 is 1.91 bits per heavy atom. The molecule has 1 atom stereocenters. The Morgan fingerprint density at radius 2 is 2.55 bits per heavy atom. The number of hydrogen-bond acceptors (Lipinski definition) is 2. The largest absolute Gasteiger partial charge is 0.361 e. The molecule has 0 fully saturated rings. The summed E-state index contributed by atoms with van der Waals surface area (Å²) in [6.45, 7) is 3.49. The molecule has 0 aromatic carbocycles. The van der Waals surface area contributed by atoms with Gasteiger partial charge in [-0.15, -0.1) is 6.58 Å². The van der Waals surface area contributed by atoms with E-state index in [9.17, 15) is 4.79 Å². The highest BCUT2D eigenvalue weighted by Crippen LogP contribution is 1.91. The molecule has 0 spiro atoms. The highest BCUT2D eigenvalue weighted by molar-refractivity contribution is 6.27. The van der Waals surface area contributed by atoms with E-state index in [4.69, 9.17) is 5.53 Å². The van der Waals surface area contributed by atoms with Crippen LogP contribution in [0.2, 0.25) is 0 Å². The van der Waals surface area contributed by atoms with Crippen molar-refractivity contribution >= 4 is 12.0 Å². The van der Waals surface area contributed by atoms with Crippen molar-refractivity contribution in [3.8, 4) is 0 Å². The molecule has 1 unspecified atom stereocenters. The van der Waals surface area contributed by atoms with Crippen LogP contribution in [0.25, 0.3) is 5.53 Å². The molecule has 1 N–H and O–H groups in total. The number of likely N-dealkylation sites (N-methyl/N-ethyl adjacent to an activating group) is 1. The zero-order valence-electron chi connectivity index (χ0n) is 6.45. The first-order valence-corrected chi connectivity index (χ1v) is 3.25. The normalized spacial score (nSPS) is 11.4. The van der Waals surface area contributed by atoms with E-state index < -0.39 is 0 Å². The monoisotopic (exact) mass is 153 g/mol. The van der Waals surface area contributed by atoms with E-state index in [0.717, 1.165) is 6.21 Å². The molecule has 11 heavy (non-hydrogen) atoms. The van der Waals surface area contributed by atoms with Crippen molar-refractivity contribution in [2.24, 2.45) is 0 Å². The van der Waals surface area contributed by atoms with E-state index in [0.29, 0.717) is 6.42 Å². The lowest BCUT2D eigenvalue weighted by atomic mass is 10.1. The first kappa shape index (κ1) is 9.75. The van der Waals surface area contributed by atoms with E-state index in [1.165, 1.54) is 0 Å². The Labute approximate surface area is 65.5 Å². The van der Waals surface area contributed by atoms with Crippen molar-refractivity contribution in [2.45, 2.75) is 12.5 Å². The molecule has 0 aliphatic heterocycles. The summed E-state index contributed by atoms with van der Waals surface area (Å²) in [4.78, 5) is 13.6. The van der Waals surface area contributed by atoms with Crippen LogP contribution >= 0.6 is 0 Å². The summed E-state index contributed by atoms with van der Waals surface area (Å²) in [6.07, 6.45) is 3.04. The molecule has 0 radical (unpaired) electrons. The second kappa shape index (κ2) is 5.53. The van der Waals surface area contributed by atoms with Crippen LogP contribution < -0.4 is 5.32 Å². The molecule has 60 valence electrons. The molecule has 0 rings (SSSR count). The lowest BCUT2D eigenvalue weighted by molar-refractivity contribution is -0.117. The Kier molecular flexibility index (Phi) is 4.90. The van der Waals surface area contributed by atoms with Crippen LogP contribution in [0.1, 0.15) is 6.42 Å². The van der Waals surface area contributed by atoms with Crippen LogP contribution in [0, 0.1) is 0 Å². The van der Waals surface area contributed by atoms with Gasteiger partial charge in [-0.25, -0.2) is 0 Å². The lowest BCUT2D eigenvalue weighted by Gasteiger charge is -2.05. The van der Waals surface area contributed by atoms with Crippen molar-refractivity contribution in [3.05, 3.63) is 18.2 Å². The minimum atomic E-state index is -0.330. The average molecular weight is 153 g/mol. The van der Waals surface area contributed by atoms with E-state index in [1.54, 1.807) is 13.1 Å². The highest BCUT2D eigenvalue weighted by Gasteiger charge is 2.15. The van der Waals surface area contributed by atoms with Gasteiger partial charge in [-0.2, -0.15) is 4.79 Å². The van der Waals surface area contributed by atoms with Gasteiger partial charge in [0.2, 0.25) is 0 Å². The number of Topliss-reactive ketones (excluding diaryl/α,β-unsaturated/α-hetero) is 1. The average Bonchev–Trinajstić information content (AvgIpc) is 2.00. The highest BCUT2D eigenvalue weighted by atomic mass is 16.1. The van der Waals surface area contributed by atoms with Gasteiger partial charge in [0.15, 0.2) is 0 Å². The van der Waals surface area contributed by atoms with Crippen LogP contribution in [0.5, 0.6) is 0 Å². The summed E-state index contributed by atoms with van der Waals surface area (Å²) >= 11 is 0. The molecule has 0 aromatic heterocycles. The number of ketones is 1. The fraction of sp³-hybridized carbons (Fsp3) is 0.429. The lowest BCUT2D eigenvalue weighted by Crippen LogP contribution is -2.34. The number of nitrogens with one attached hydrogen (secondary N) is 1. The third-order valence-electron chi connectivity index (χ3n) is 1.28. The van der Waals surface area contributed by atoms with Crippen molar-refractivity contribution in [2.75, 3.05) is 7.05 Å². The van der Waals surface area contributed by atoms with Gasteiger partial charge in [-0.1, -0.05) is 6.08 Å². The fourth-order valence-corrected chi connectivity index (χ4v) is 0.690. The maximum Gasteiger partial charge on any atom is 0.324 e. The molecule has 4 nitrogen and oxygen atoms in total. The third-order valence-corrected chi connectivity index (χ3v) is 1.28. The summed E-state index contributed by atoms with van der Waals surface area (Å²) in [5, 5.41) is 2.76. The number of nitrogens with zero attached hydrogens (tertiary/aromatic N) is 2. The molecular weight excluding hydrogens is 142 g/mol. The summed E-state index contributed by atoms with van der Waals surface area (Å²) in [5.74, 6) is -0.255. The first-order valence-electron chi connectivity index (χ1n) is 3.25. The second-order valence-corrected chi connectivity index (χ2v) is 2.01. The molecular formula is C7H11N3O. The minimum absolute atomic E-state index is 0.255. The summed E-state index contributed by atoms with van der Waals surface area (Å²) in [6, 6.07) is -0.330. The zero-order chi connectivity index (χ0) is 8.69. The van der Waals surface area contributed by atoms with Crippen LogP contribution in [-0.4, -0.2) is 29.9 Å². The number of rotatable bonds is 5. The van der Waals surface area contributed by atoms with Gasteiger partial charge < -0.3 is 10.8 Å². The Balaban J connectivity index is 4.12. The van der Waals surface area contributed by atoms with Crippen molar-refractivity contribution in [3.63, 3.8) is 0 Å². The topological polar surface area (TPSA) is 65.5 Å². The van der Waals surface area contributed by atoms with Gasteiger partial charge in [-0.3, -0.25) is 4.79 Å². The van der Waals surface area contributed by atoms with Gasteiger partial charge in [0, 0.05) is 0 Å². The zero-order valence-corrected chi connectivity index (χ0v) is 6.45. The Morgan fingerprint density at radius 3 is 2.91 bits per heavy atom. The predicted octanol–water partition coefficient (Wildman–Crippen LogP) is 0.0202. The summed E-state index contributed by atoms with van der Waals surface area (Å²) in [7, 11) is 1.66. The SMILES string of the molecule is C=CCC(NC)C(=O)C=[N+]=[N-]. The van der Waals surface area contributed by atoms with Gasteiger partial charge in [0.05, 0.1) is 6.04 Å². The Bertz CT molecular complexity index is 194. The van der Waals surface area contributed by atoms with Gasteiger partial charge in [0.1, 0.15) is 0 Å². The number of carbonyl (C=O) groups excluding carboxylic acids is 1. The van der Waals surface area contributed by atoms with Gasteiger partial charge in [-0.05, 0) is 13.5 Å². The quantitative estimate of drug-likeness (QED) is 0.262. The predicted molar refractivity (Wildman–Crippen MR) is 42.4 cm³/mol. The Hall–Kier alpha value is -1.25. The molecule has 0 bridgehead atoms. The van der Waals surface area contributed by atoms with Crippen molar-refractivity contribution < 1.29 is 9.58 Å². The first-order chi connectivity index (χ1) is 5.26. The number of carbonyl (C=O) groups is 1. The molecule has 0 amide bonds. The van der Waals surface area contributed by atoms with E-state index >= 15 is 0 Å². The standard InChI is InChI=1S/C7H11N3O/c1-3-4-6(9-2)7(11)5-10-8/h3,5-6,9H,1,4H2,2H3. The van der Waals surface area contributed by atoms with Crippen LogP contribution in [0.4, 0.5) is 0 Å².